The maximum Gasteiger partial charge on any atom is 0.0847 e. The summed E-state index contributed by atoms with van der Waals surface area (Å²) in [6.07, 6.45) is 3.47. The highest BCUT2D eigenvalue weighted by Crippen LogP contribution is 2.29. The van der Waals surface area contributed by atoms with E-state index in [0.717, 1.165) is 24.4 Å². The number of aliphatic hydroxyl groups excluding tert-OH is 2. The van der Waals surface area contributed by atoms with Crippen molar-refractivity contribution in [3.05, 3.63) is 17.5 Å². The number of piperidine rings is 1. The molecule has 1 aromatic heterocycles. The maximum atomic E-state index is 9.02. The van der Waals surface area contributed by atoms with Crippen molar-refractivity contribution in [1.82, 2.24) is 15.1 Å². The topological polar surface area (TPSA) is 72.4 Å². The van der Waals surface area contributed by atoms with Gasteiger partial charge in [-0.2, -0.15) is 5.10 Å². The van der Waals surface area contributed by atoms with Gasteiger partial charge >= 0.3 is 0 Å². The summed E-state index contributed by atoms with van der Waals surface area (Å²) in [5.74, 6) is 0. The number of aromatic nitrogens is 2. The monoisotopic (exact) mass is 225 g/mol. The minimum absolute atomic E-state index is 0.000278. The Morgan fingerprint density at radius 2 is 2.31 bits per heavy atom. The number of β-amino-alcohol motifs (C(OH)–C–C–N with tert-alkyl or cyclic N) is 1. The summed E-state index contributed by atoms with van der Waals surface area (Å²) in [4.78, 5) is 2.26. The van der Waals surface area contributed by atoms with Crippen molar-refractivity contribution in [2.45, 2.75) is 31.9 Å². The van der Waals surface area contributed by atoms with E-state index in [2.05, 4.69) is 15.1 Å². The first kappa shape index (κ1) is 11.6. The van der Waals surface area contributed by atoms with E-state index in [1.807, 2.05) is 6.07 Å². The summed E-state index contributed by atoms with van der Waals surface area (Å²) in [5, 5.41) is 25.1. The lowest BCUT2D eigenvalue weighted by Gasteiger charge is -2.34. The highest BCUT2D eigenvalue weighted by atomic mass is 16.3. The zero-order chi connectivity index (χ0) is 11.4. The van der Waals surface area contributed by atoms with Crippen molar-refractivity contribution in [3.8, 4) is 0 Å². The molecule has 1 fully saturated rings. The van der Waals surface area contributed by atoms with Crippen LogP contribution in [0, 0.1) is 0 Å². The summed E-state index contributed by atoms with van der Waals surface area (Å²) in [6.45, 7) is 1.91. The first-order valence-corrected chi connectivity index (χ1v) is 5.85. The van der Waals surface area contributed by atoms with Gasteiger partial charge in [-0.3, -0.25) is 10.00 Å². The number of H-pyrrole nitrogens is 1. The van der Waals surface area contributed by atoms with Crippen LogP contribution >= 0.6 is 0 Å². The highest BCUT2D eigenvalue weighted by molar-refractivity contribution is 5.12. The molecule has 0 radical (unpaired) electrons. The van der Waals surface area contributed by atoms with Gasteiger partial charge in [0, 0.05) is 6.54 Å². The second kappa shape index (κ2) is 5.43. The van der Waals surface area contributed by atoms with Crippen LogP contribution in [0.2, 0.25) is 0 Å². The van der Waals surface area contributed by atoms with Crippen molar-refractivity contribution in [3.63, 3.8) is 0 Å². The third-order valence-electron chi connectivity index (χ3n) is 3.16. The largest absolute Gasteiger partial charge is 0.395 e. The van der Waals surface area contributed by atoms with Crippen LogP contribution in [0.1, 0.15) is 36.7 Å². The van der Waals surface area contributed by atoms with Crippen LogP contribution in [0.3, 0.4) is 0 Å². The van der Waals surface area contributed by atoms with Gasteiger partial charge in [0.15, 0.2) is 0 Å². The molecule has 0 bridgehead atoms. The molecule has 5 heteroatoms. The fraction of sp³-hybridized carbons (Fsp3) is 0.727. The molecule has 1 aromatic rings. The van der Waals surface area contributed by atoms with E-state index in [-0.39, 0.29) is 19.3 Å². The summed E-state index contributed by atoms with van der Waals surface area (Å²) < 4.78 is 0. The van der Waals surface area contributed by atoms with E-state index >= 15 is 0 Å². The maximum absolute atomic E-state index is 9.02. The molecular formula is C11H19N3O2. The molecule has 1 aliphatic rings. The molecule has 0 spiro atoms. The van der Waals surface area contributed by atoms with Crippen LogP contribution in [0.15, 0.2) is 6.07 Å². The summed E-state index contributed by atoms with van der Waals surface area (Å²) >= 11 is 0. The lowest BCUT2D eigenvalue weighted by Crippen LogP contribution is -2.35. The van der Waals surface area contributed by atoms with Crippen molar-refractivity contribution >= 4 is 0 Å². The second-order valence-corrected chi connectivity index (χ2v) is 4.25. The quantitative estimate of drug-likeness (QED) is 0.694. The molecule has 2 heterocycles. The molecule has 3 N–H and O–H groups in total. The van der Waals surface area contributed by atoms with Crippen molar-refractivity contribution in [1.29, 1.82) is 0 Å². The average molecular weight is 225 g/mol. The van der Waals surface area contributed by atoms with Crippen LogP contribution < -0.4 is 0 Å². The molecule has 1 aliphatic heterocycles. The lowest BCUT2D eigenvalue weighted by molar-refractivity contribution is 0.114. The Morgan fingerprint density at radius 3 is 3.00 bits per heavy atom. The molecule has 2 rings (SSSR count). The molecule has 1 atom stereocenters. The van der Waals surface area contributed by atoms with Crippen molar-refractivity contribution in [2.24, 2.45) is 0 Å². The average Bonchev–Trinajstić information content (AvgIpc) is 2.79. The van der Waals surface area contributed by atoms with Crippen LogP contribution in [-0.4, -0.2) is 45.0 Å². The summed E-state index contributed by atoms with van der Waals surface area (Å²) in [5.41, 5.74) is 1.74. The Morgan fingerprint density at radius 1 is 1.44 bits per heavy atom. The first-order valence-electron chi connectivity index (χ1n) is 5.85. The molecule has 90 valence electrons. The first-order chi connectivity index (χ1) is 7.85. The van der Waals surface area contributed by atoms with Gasteiger partial charge in [0.2, 0.25) is 0 Å². The van der Waals surface area contributed by atoms with E-state index in [4.69, 9.17) is 10.2 Å². The van der Waals surface area contributed by atoms with Crippen molar-refractivity contribution in [2.75, 3.05) is 19.7 Å². The molecule has 0 aliphatic carbocycles. The number of hydrogen-bond acceptors (Lipinski definition) is 4. The Balaban J connectivity index is 2.09. The van der Waals surface area contributed by atoms with Gasteiger partial charge in [0.05, 0.1) is 30.6 Å². The van der Waals surface area contributed by atoms with Gasteiger partial charge < -0.3 is 10.2 Å². The third-order valence-corrected chi connectivity index (χ3v) is 3.16. The van der Waals surface area contributed by atoms with E-state index in [0.29, 0.717) is 6.54 Å². The van der Waals surface area contributed by atoms with Crippen LogP contribution in [-0.2, 0) is 6.61 Å². The van der Waals surface area contributed by atoms with E-state index in [1.54, 1.807) is 0 Å². The number of nitrogens with zero attached hydrogens (tertiary/aromatic N) is 2. The molecule has 0 unspecified atom stereocenters. The molecule has 0 saturated carbocycles. The normalized spacial score (nSPS) is 22.5. The predicted octanol–water partition coefficient (Wildman–Crippen LogP) is 0.421. The summed E-state index contributed by atoms with van der Waals surface area (Å²) in [7, 11) is 0. The predicted molar refractivity (Wildman–Crippen MR) is 59.8 cm³/mol. The second-order valence-electron chi connectivity index (χ2n) is 4.25. The van der Waals surface area contributed by atoms with E-state index in [9.17, 15) is 0 Å². The number of aromatic amines is 1. The Hall–Kier alpha value is -0.910. The minimum Gasteiger partial charge on any atom is -0.395 e. The summed E-state index contributed by atoms with van der Waals surface area (Å²) in [6, 6.07) is 2.21. The van der Waals surface area contributed by atoms with Gasteiger partial charge in [-0.15, -0.1) is 0 Å². The number of likely N-dealkylation sites (tertiary alicyclic amines) is 1. The third kappa shape index (κ3) is 2.42. The Labute approximate surface area is 95.1 Å². The molecule has 0 amide bonds. The highest BCUT2D eigenvalue weighted by Gasteiger charge is 2.25. The smallest absolute Gasteiger partial charge is 0.0847 e. The fourth-order valence-electron chi connectivity index (χ4n) is 2.35. The number of nitrogens with one attached hydrogen (secondary N) is 1. The molecule has 1 saturated heterocycles. The van der Waals surface area contributed by atoms with Crippen LogP contribution in [0.5, 0.6) is 0 Å². The minimum atomic E-state index is -0.000278. The number of hydrogen-bond donors (Lipinski definition) is 3. The van der Waals surface area contributed by atoms with E-state index < -0.39 is 0 Å². The standard InChI is InChI=1S/C11H19N3O2/c15-6-5-14-4-2-1-3-11(14)10-7-9(8-16)12-13-10/h7,11,15-16H,1-6,8H2,(H,12,13)/t11-/m1/s1. The lowest BCUT2D eigenvalue weighted by atomic mass is 9.99. The fourth-order valence-corrected chi connectivity index (χ4v) is 2.35. The molecule has 5 nitrogen and oxygen atoms in total. The van der Waals surface area contributed by atoms with E-state index in [1.165, 1.54) is 12.8 Å². The van der Waals surface area contributed by atoms with Gasteiger partial charge in [0.25, 0.3) is 0 Å². The van der Waals surface area contributed by atoms with Crippen LogP contribution in [0.25, 0.3) is 0 Å². The Kier molecular flexibility index (Phi) is 3.93. The molecule has 16 heavy (non-hydrogen) atoms. The Bertz CT molecular complexity index is 325. The molecular weight excluding hydrogens is 206 g/mol. The zero-order valence-corrected chi connectivity index (χ0v) is 9.39. The number of rotatable bonds is 4. The SMILES string of the molecule is OCCN1CCCC[C@@H]1c1cc(CO)[nH]n1. The van der Waals surface area contributed by atoms with Crippen LogP contribution in [0.4, 0.5) is 0 Å². The van der Waals surface area contributed by atoms with Gasteiger partial charge in [-0.1, -0.05) is 6.42 Å². The van der Waals surface area contributed by atoms with Crippen molar-refractivity contribution < 1.29 is 10.2 Å². The van der Waals surface area contributed by atoms with Gasteiger partial charge in [-0.25, -0.2) is 0 Å². The van der Waals surface area contributed by atoms with Gasteiger partial charge in [0.1, 0.15) is 0 Å². The van der Waals surface area contributed by atoms with Gasteiger partial charge in [-0.05, 0) is 25.5 Å². The number of aliphatic hydroxyl groups is 2. The zero-order valence-electron chi connectivity index (χ0n) is 9.39. The molecule has 0 aromatic carbocycles.